The summed E-state index contributed by atoms with van der Waals surface area (Å²) in [5, 5.41) is 20.5. The monoisotopic (exact) mass is 968 g/mol. The highest BCUT2D eigenvalue weighted by Crippen LogP contribution is 2.30. The third kappa shape index (κ3) is 13.6. The summed E-state index contributed by atoms with van der Waals surface area (Å²) in [6.45, 7) is 4.97. The van der Waals surface area contributed by atoms with E-state index in [1.54, 1.807) is 48.3 Å². The largest absolute Gasteiger partial charge is 0.379 e. The van der Waals surface area contributed by atoms with Crippen molar-refractivity contribution in [3.63, 3.8) is 0 Å². The Balaban J connectivity index is 0.715. The molecule has 4 heterocycles. The van der Waals surface area contributed by atoms with Crippen LogP contribution in [-0.4, -0.2) is 154 Å². The first-order chi connectivity index (χ1) is 33.5. The first-order valence-electron chi connectivity index (χ1n) is 22.7. The lowest BCUT2D eigenvalue weighted by Crippen LogP contribution is -2.52. The molecule has 21 nitrogen and oxygen atoms in total. The number of carbonyl (C=O) groups excluding carboxylic acids is 6. The highest BCUT2D eigenvalue weighted by Gasteiger charge is 2.39. The summed E-state index contributed by atoms with van der Waals surface area (Å²) < 4.78 is 17.1. The van der Waals surface area contributed by atoms with Crippen LogP contribution < -0.4 is 42.1 Å². The second-order valence-electron chi connectivity index (χ2n) is 16.3. The molecule has 7 rings (SSSR count). The van der Waals surface area contributed by atoms with Crippen LogP contribution in [0.3, 0.4) is 0 Å². The molecule has 0 saturated carbocycles. The summed E-state index contributed by atoms with van der Waals surface area (Å²) in [7, 11) is 3.38. The maximum atomic E-state index is 12.9. The molecule has 7 amide bonds. The number of aromatic nitrogens is 2. The quantitative estimate of drug-likeness (QED) is 0.0441. The molecule has 2 saturated heterocycles. The Hall–Kier alpha value is -6.91. The van der Waals surface area contributed by atoms with E-state index >= 15 is 0 Å². The number of likely N-dealkylation sites (N-methyl/N-ethyl adjacent to an activating group) is 1. The molecule has 2 atom stereocenters. The summed E-state index contributed by atoms with van der Waals surface area (Å²) in [5.74, 6) is -0.902. The van der Waals surface area contributed by atoms with Gasteiger partial charge < -0.3 is 60.8 Å². The number of piperidine rings is 1. The van der Waals surface area contributed by atoms with Crippen molar-refractivity contribution in [1.82, 2.24) is 41.0 Å². The smallest absolute Gasteiger partial charge is 0.317 e. The number of anilines is 6. The molecule has 4 aromatic rings. The van der Waals surface area contributed by atoms with Gasteiger partial charge in [0.25, 0.3) is 11.8 Å². The lowest BCUT2D eigenvalue weighted by Gasteiger charge is -2.36. The minimum absolute atomic E-state index is 0.0740. The van der Waals surface area contributed by atoms with Crippen LogP contribution in [0.25, 0.3) is 0 Å². The average Bonchev–Trinajstić information content (AvgIpc) is 3.68. The molecule has 0 radical (unpaired) electrons. The topological polar surface area (TPSA) is 250 Å². The van der Waals surface area contributed by atoms with Crippen molar-refractivity contribution < 1.29 is 43.0 Å². The van der Waals surface area contributed by atoms with Crippen LogP contribution in [0.4, 0.5) is 39.3 Å². The maximum Gasteiger partial charge on any atom is 0.317 e. The van der Waals surface area contributed by atoms with E-state index in [1.165, 1.54) is 11.1 Å². The van der Waals surface area contributed by atoms with Gasteiger partial charge in [0.05, 0.1) is 69.6 Å². The second kappa shape index (κ2) is 24.4. The molecule has 1 aromatic heterocycles. The van der Waals surface area contributed by atoms with E-state index in [-0.39, 0.29) is 68.1 Å². The fraction of sp³-hybridized carbons (Fsp3) is 0.404. The van der Waals surface area contributed by atoms with Crippen molar-refractivity contribution in [1.29, 1.82) is 0 Å². The van der Waals surface area contributed by atoms with Gasteiger partial charge in [-0.1, -0.05) is 23.7 Å². The number of rotatable bonds is 22. The molecular weight excluding hydrogens is 912 g/mol. The zero-order valence-corrected chi connectivity index (χ0v) is 39.2. The SMILES string of the molecule is CNC(=O)c1ccccc1Nc1nc(Nc2ccc(N3CCN(C(=O)NCCOCC(COCCOCCC(=O)Nc4ccc5c(c4)CN(C4CCC(=O)NC4=O)C5=O)NC)CC3)cc2)ncc1Cl. The highest BCUT2D eigenvalue weighted by molar-refractivity contribution is 6.33. The number of hydrogen-bond acceptors (Lipinski definition) is 15. The minimum Gasteiger partial charge on any atom is -0.379 e. The van der Waals surface area contributed by atoms with Gasteiger partial charge >= 0.3 is 6.03 Å². The third-order valence-corrected chi connectivity index (χ3v) is 11.9. The molecule has 7 N–H and O–H groups in total. The fourth-order valence-electron chi connectivity index (χ4n) is 7.89. The Kier molecular flexibility index (Phi) is 17.7. The van der Waals surface area contributed by atoms with Crippen LogP contribution >= 0.6 is 11.6 Å². The molecule has 0 bridgehead atoms. The summed E-state index contributed by atoms with van der Waals surface area (Å²) in [6.07, 6.45) is 2.07. The normalized spacial score (nSPS) is 16.1. The molecule has 3 aliphatic rings. The summed E-state index contributed by atoms with van der Waals surface area (Å²) >= 11 is 6.39. The number of halogens is 1. The number of nitrogens with one attached hydrogen (secondary N) is 7. The number of hydrogen-bond donors (Lipinski definition) is 7. The number of ether oxygens (including phenoxy) is 3. The molecular formula is C47H57ClN12O9. The first kappa shape index (κ1) is 50.0. The number of carbonyl (C=O) groups is 6. The average molecular weight is 970 g/mol. The van der Waals surface area contributed by atoms with E-state index in [2.05, 4.69) is 52.1 Å². The zero-order chi connectivity index (χ0) is 48.7. The van der Waals surface area contributed by atoms with E-state index < -0.39 is 11.9 Å². The van der Waals surface area contributed by atoms with E-state index in [4.69, 9.17) is 25.8 Å². The molecule has 2 unspecified atom stereocenters. The molecule has 0 aliphatic carbocycles. The lowest BCUT2D eigenvalue weighted by atomic mass is 10.0. The number of nitrogens with zero attached hydrogens (tertiary/aromatic N) is 5. The molecule has 366 valence electrons. The maximum absolute atomic E-state index is 12.9. The van der Waals surface area contributed by atoms with Gasteiger partial charge in [-0.15, -0.1) is 0 Å². The standard InChI is InChI=1S/C47H57ClN12O9/c1-49-33(29-69-24-23-67-21-15-41(62)53-32-9-12-35-30(25-32)27-60(45(35)65)39-13-14-40(61)56-44(39)64)28-68-22-16-51-47(66)59-19-17-58(18-20-59)34-10-7-31(8-11-34)54-46-52-26-37(48)42(57-46)55-38-6-4-3-5-36(38)43(63)50-2/h3-12,25-26,33,39,49H,13-24,27-29H2,1-2H3,(H,50,63)(H,51,66)(H,53,62)(H,56,61,64)(H2,52,54,55,57). The number of imide groups is 1. The van der Waals surface area contributed by atoms with Crippen LogP contribution in [0.2, 0.25) is 5.02 Å². The van der Waals surface area contributed by atoms with E-state index in [1.807, 2.05) is 37.4 Å². The number of fused-ring (bicyclic) bond motifs is 1. The number of benzene rings is 3. The van der Waals surface area contributed by atoms with Crippen molar-refractivity contribution in [3.05, 3.63) is 94.6 Å². The molecule has 3 aromatic carbocycles. The van der Waals surface area contributed by atoms with Gasteiger partial charge in [-0.05, 0) is 73.6 Å². The lowest BCUT2D eigenvalue weighted by molar-refractivity contribution is -0.137. The van der Waals surface area contributed by atoms with Crippen LogP contribution in [0.15, 0.2) is 72.9 Å². The molecule has 3 aliphatic heterocycles. The van der Waals surface area contributed by atoms with Gasteiger partial charge in [-0.25, -0.2) is 9.78 Å². The summed E-state index contributed by atoms with van der Waals surface area (Å²) in [5.41, 5.74) is 4.51. The third-order valence-electron chi connectivity index (χ3n) is 11.7. The fourth-order valence-corrected chi connectivity index (χ4v) is 8.03. The second-order valence-corrected chi connectivity index (χ2v) is 16.7. The Morgan fingerprint density at radius 1 is 0.870 bits per heavy atom. The van der Waals surface area contributed by atoms with Gasteiger partial charge in [0.2, 0.25) is 23.7 Å². The van der Waals surface area contributed by atoms with Crippen molar-refractivity contribution >= 4 is 81.7 Å². The van der Waals surface area contributed by atoms with Crippen LogP contribution in [0, 0.1) is 0 Å². The number of urea groups is 1. The Bertz CT molecular complexity index is 2470. The first-order valence-corrected chi connectivity index (χ1v) is 23.1. The van der Waals surface area contributed by atoms with E-state index in [9.17, 15) is 28.8 Å². The molecule has 22 heteroatoms. The van der Waals surface area contributed by atoms with Gasteiger partial charge in [0.1, 0.15) is 11.1 Å². The zero-order valence-electron chi connectivity index (χ0n) is 38.5. The van der Waals surface area contributed by atoms with Gasteiger partial charge in [-0.2, -0.15) is 4.98 Å². The van der Waals surface area contributed by atoms with Crippen molar-refractivity contribution in [2.45, 2.75) is 37.9 Å². The Morgan fingerprint density at radius 3 is 2.36 bits per heavy atom. The summed E-state index contributed by atoms with van der Waals surface area (Å²) in [6, 6.07) is 19.0. The number of para-hydroxylation sites is 1. The van der Waals surface area contributed by atoms with Crippen molar-refractivity contribution in [2.75, 3.05) is 107 Å². The van der Waals surface area contributed by atoms with E-state index in [0.29, 0.717) is 111 Å². The van der Waals surface area contributed by atoms with Gasteiger partial charge in [-0.3, -0.25) is 29.3 Å². The van der Waals surface area contributed by atoms with Crippen LogP contribution in [0.1, 0.15) is 45.5 Å². The molecule has 0 spiro atoms. The molecule has 69 heavy (non-hydrogen) atoms. The molecule has 2 fully saturated rings. The Morgan fingerprint density at radius 2 is 1.61 bits per heavy atom. The van der Waals surface area contributed by atoms with E-state index in [0.717, 1.165) is 11.4 Å². The predicted octanol–water partition coefficient (Wildman–Crippen LogP) is 3.24. The van der Waals surface area contributed by atoms with Gasteiger partial charge in [0.15, 0.2) is 5.82 Å². The predicted molar refractivity (Wildman–Crippen MR) is 258 cm³/mol. The number of piperazine rings is 1. The van der Waals surface area contributed by atoms with Crippen LogP contribution in [0.5, 0.6) is 0 Å². The van der Waals surface area contributed by atoms with Crippen molar-refractivity contribution in [2.24, 2.45) is 0 Å². The highest BCUT2D eigenvalue weighted by atomic mass is 35.5. The van der Waals surface area contributed by atoms with Crippen LogP contribution in [-0.2, 0) is 35.1 Å². The van der Waals surface area contributed by atoms with Crippen molar-refractivity contribution in [3.8, 4) is 0 Å². The number of amides is 7. The Labute approximate surface area is 404 Å². The van der Waals surface area contributed by atoms with Gasteiger partial charge in [0, 0.05) is 75.4 Å². The summed E-state index contributed by atoms with van der Waals surface area (Å²) in [4.78, 5) is 88.9. The minimum atomic E-state index is -0.703.